The Kier molecular flexibility index (Phi) is 19.9. The number of nitrogens with two attached hydrogens (primary N) is 1. The number of nitrogen functional groups attached to an aromatic ring is 1. The molecule has 0 bridgehead atoms. The Labute approximate surface area is 397 Å². The van der Waals surface area contributed by atoms with Gasteiger partial charge in [-0.25, -0.2) is 19.3 Å². The molecule has 0 aliphatic carbocycles. The average molecular weight is 931 g/mol. The number of pyridine rings is 1. The molecule has 68 heavy (non-hydrogen) atoms. The van der Waals surface area contributed by atoms with Crippen LogP contribution in [0.3, 0.4) is 0 Å². The van der Waals surface area contributed by atoms with E-state index in [1.54, 1.807) is 26.4 Å². The van der Waals surface area contributed by atoms with Crippen molar-refractivity contribution < 1.29 is 28.3 Å². The second-order valence-electron chi connectivity index (χ2n) is 16.5. The first-order valence-electron chi connectivity index (χ1n) is 22.5. The molecule has 6 N–H and O–H groups in total. The van der Waals surface area contributed by atoms with Crippen molar-refractivity contribution in [3.05, 3.63) is 125 Å². The van der Waals surface area contributed by atoms with E-state index in [0.717, 1.165) is 91.5 Å². The number of carbonyl (C=O) groups excluding carboxylic acids is 4. The van der Waals surface area contributed by atoms with Gasteiger partial charge in [0.25, 0.3) is 0 Å². The SMILES string of the molecule is CNC(=O)CCC(C=O)N(C)Cc1cc(N2CCN(C)CC2)ccc1C=O.COc1ccc(F)cc1C.N=C(c1ccc(CNC=O)cc1)c1c(N)ncnc1Nc1ccc(N2CCCC2)nc1. The number of carbonyl (C=O) groups is 4. The third kappa shape index (κ3) is 14.8. The van der Waals surface area contributed by atoms with Gasteiger partial charge in [0.2, 0.25) is 12.3 Å². The van der Waals surface area contributed by atoms with E-state index in [2.05, 4.69) is 52.6 Å². The smallest absolute Gasteiger partial charge is 0.219 e. The number of nitrogens with zero attached hydrogens (tertiary/aromatic N) is 7. The zero-order valence-corrected chi connectivity index (χ0v) is 39.5. The fraction of sp³-hybridized carbons (Fsp3) is 0.360. The number of benzene rings is 3. The van der Waals surface area contributed by atoms with Crippen molar-refractivity contribution in [3.8, 4) is 5.75 Å². The predicted octanol–water partition coefficient (Wildman–Crippen LogP) is 5.38. The molecule has 360 valence electrons. The maximum Gasteiger partial charge on any atom is 0.219 e. The van der Waals surface area contributed by atoms with Gasteiger partial charge in [0.1, 0.15) is 47.9 Å². The molecule has 0 radical (unpaired) electrons. The molecule has 2 aliphatic heterocycles. The number of hydrogen-bond acceptors (Lipinski definition) is 15. The molecule has 2 aliphatic rings. The zero-order chi connectivity index (χ0) is 49.0. The summed E-state index contributed by atoms with van der Waals surface area (Å²) in [6.07, 6.45) is 8.65. The lowest BCUT2D eigenvalue weighted by Gasteiger charge is -2.34. The molecule has 1 atom stereocenters. The van der Waals surface area contributed by atoms with Gasteiger partial charge in [0.05, 0.1) is 36.3 Å². The van der Waals surface area contributed by atoms with Gasteiger partial charge in [0.15, 0.2) is 0 Å². The summed E-state index contributed by atoms with van der Waals surface area (Å²) in [6.45, 7) is 8.72. The Morgan fingerprint density at radius 1 is 0.941 bits per heavy atom. The fourth-order valence-corrected chi connectivity index (χ4v) is 7.69. The van der Waals surface area contributed by atoms with E-state index in [4.69, 9.17) is 15.9 Å². The minimum atomic E-state index is -0.367. The van der Waals surface area contributed by atoms with Gasteiger partial charge in [-0.1, -0.05) is 24.3 Å². The van der Waals surface area contributed by atoms with E-state index in [0.29, 0.717) is 54.8 Å². The van der Waals surface area contributed by atoms with Crippen molar-refractivity contribution in [1.29, 1.82) is 5.41 Å². The zero-order valence-electron chi connectivity index (χ0n) is 39.5. The number of aromatic nitrogens is 3. The van der Waals surface area contributed by atoms with Crippen molar-refractivity contribution >= 4 is 59.4 Å². The highest BCUT2D eigenvalue weighted by atomic mass is 19.1. The molecular weight excluding hydrogens is 868 g/mol. The highest BCUT2D eigenvalue weighted by Crippen LogP contribution is 2.27. The van der Waals surface area contributed by atoms with Crippen LogP contribution in [0, 0.1) is 18.2 Å². The van der Waals surface area contributed by atoms with Gasteiger partial charge in [-0.05, 0) is 106 Å². The molecule has 5 aromatic rings. The van der Waals surface area contributed by atoms with E-state index in [1.165, 1.54) is 31.3 Å². The third-order valence-electron chi connectivity index (χ3n) is 11.8. The molecule has 2 amide bonds. The topological polar surface area (TPSA) is 215 Å². The van der Waals surface area contributed by atoms with Crippen LogP contribution < -0.4 is 36.2 Å². The quantitative estimate of drug-likeness (QED) is 0.0552. The van der Waals surface area contributed by atoms with Crippen LogP contribution in [0.1, 0.15) is 63.9 Å². The summed E-state index contributed by atoms with van der Waals surface area (Å²) >= 11 is 0. The Hall–Kier alpha value is -7.31. The number of hydrogen-bond donors (Lipinski definition) is 5. The van der Waals surface area contributed by atoms with Crippen molar-refractivity contribution in [1.82, 2.24) is 35.4 Å². The first-order chi connectivity index (χ1) is 32.9. The first-order valence-corrected chi connectivity index (χ1v) is 22.5. The summed E-state index contributed by atoms with van der Waals surface area (Å²) in [5.74, 6) is 2.04. The van der Waals surface area contributed by atoms with Gasteiger partial charge in [0, 0.05) is 82.6 Å². The number of rotatable bonds is 18. The standard InChI is InChI=1S/C22H24N8O.C20H30N4O3.C8H9FO/c23-20(16-5-3-15(4-6-16)11-25-14-31)19-21(24)27-13-28-22(19)29-17-7-8-18(26-12-17)30-9-1-2-10-30;1-21-20(27)7-6-19(15-26)23(3)13-17-12-18(5-4-16(17)14-25)24-10-8-22(2)9-11-24;1-6-5-7(9)3-4-8(6)10-2/h3-8,12-14,23H,1-2,9-11H2,(H,25,31)(H3,24,27,28,29);4-5,12,14-15,19H,6-11,13H2,1-3H3,(H,21,27);3-5H,1-2H3. The maximum atomic E-state index is 12.4. The number of ether oxygens (including phenoxy) is 1. The lowest BCUT2D eigenvalue weighted by atomic mass is 10.0. The second-order valence-corrected chi connectivity index (χ2v) is 16.5. The Balaban J connectivity index is 0.000000213. The summed E-state index contributed by atoms with van der Waals surface area (Å²) in [6, 6.07) is 21.2. The van der Waals surface area contributed by atoms with Crippen LogP contribution in [0.4, 0.5) is 33.2 Å². The van der Waals surface area contributed by atoms with Crippen LogP contribution in [0.25, 0.3) is 0 Å². The Bertz CT molecular complexity index is 2440. The number of likely N-dealkylation sites (N-methyl/N-ethyl adjacent to an activating group) is 2. The van der Waals surface area contributed by atoms with Crippen LogP contribution >= 0.6 is 0 Å². The molecule has 7 rings (SSSR count). The van der Waals surface area contributed by atoms with E-state index in [-0.39, 0.29) is 29.3 Å². The van der Waals surface area contributed by atoms with E-state index in [9.17, 15) is 23.6 Å². The first kappa shape index (κ1) is 51.7. The Morgan fingerprint density at radius 2 is 1.68 bits per heavy atom. The summed E-state index contributed by atoms with van der Waals surface area (Å²) < 4.78 is 17.4. The molecule has 0 spiro atoms. The van der Waals surface area contributed by atoms with Gasteiger partial charge < -0.3 is 45.9 Å². The lowest BCUT2D eigenvalue weighted by Crippen LogP contribution is -2.44. The molecule has 4 heterocycles. The number of methoxy groups -OCH3 is 1. The molecule has 17 nitrogen and oxygen atoms in total. The molecule has 0 saturated carbocycles. The van der Waals surface area contributed by atoms with Crippen molar-refractivity contribution in [2.75, 3.05) is 88.4 Å². The summed E-state index contributed by atoms with van der Waals surface area (Å²) in [4.78, 5) is 66.6. The van der Waals surface area contributed by atoms with Gasteiger partial charge in [-0.15, -0.1) is 0 Å². The summed E-state index contributed by atoms with van der Waals surface area (Å²) in [5, 5.41) is 17.1. The average Bonchev–Trinajstić information content (AvgIpc) is 3.90. The number of aryl methyl sites for hydroxylation is 1. The molecule has 2 aromatic heterocycles. The van der Waals surface area contributed by atoms with Crippen LogP contribution in [-0.4, -0.2) is 129 Å². The number of anilines is 5. The highest BCUT2D eigenvalue weighted by molar-refractivity contribution is 6.16. The molecule has 3 aromatic carbocycles. The normalized spacial score (nSPS) is 13.8. The number of nitrogens with one attached hydrogen (secondary N) is 4. The molecule has 2 saturated heterocycles. The minimum Gasteiger partial charge on any atom is -0.496 e. The largest absolute Gasteiger partial charge is 0.496 e. The van der Waals surface area contributed by atoms with E-state index < -0.39 is 0 Å². The summed E-state index contributed by atoms with van der Waals surface area (Å²) in [7, 11) is 7.12. The van der Waals surface area contributed by atoms with Crippen molar-refractivity contribution in [2.45, 2.75) is 51.7 Å². The van der Waals surface area contributed by atoms with Gasteiger partial charge in [-0.3, -0.25) is 24.7 Å². The van der Waals surface area contributed by atoms with Gasteiger partial charge >= 0.3 is 0 Å². The third-order valence-corrected chi connectivity index (χ3v) is 11.8. The number of halogens is 1. The van der Waals surface area contributed by atoms with Gasteiger partial charge in [-0.2, -0.15) is 0 Å². The maximum absolute atomic E-state index is 12.4. The van der Waals surface area contributed by atoms with Crippen LogP contribution in [0.2, 0.25) is 0 Å². The lowest BCUT2D eigenvalue weighted by molar-refractivity contribution is -0.121. The van der Waals surface area contributed by atoms with Crippen molar-refractivity contribution in [3.63, 3.8) is 0 Å². The van der Waals surface area contributed by atoms with E-state index >= 15 is 0 Å². The Morgan fingerprint density at radius 3 is 2.29 bits per heavy atom. The number of amides is 2. The number of aldehydes is 2. The monoisotopic (exact) mass is 931 g/mol. The molecule has 1 unspecified atom stereocenters. The molecule has 18 heteroatoms. The summed E-state index contributed by atoms with van der Waals surface area (Å²) in [5.41, 5.74) is 12.6. The molecular formula is C50H63FN12O5. The fourth-order valence-electron chi connectivity index (χ4n) is 7.69. The number of piperazine rings is 1. The molecule has 2 fully saturated rings. The van der Waals surface area contributed by atoms with Crippen molar-refractivity contribution in [2.24, 2.45) is 0 Å². The highest BCUT2D eigenvalue weighted by Gasteiger charge is 2.21. The van der Waals surface area contributed by atoms with Crippen LogP contribution in [0.5, 0.6) is 5.75 Å². The minimum absolute atomic E-state index is 0.0825. The van der Waals surface area contributed by atoms with E-state index in [1.807, 2.05) is 73.5 Å². The predicted molar refractivity (Wildman–Crippen MR) is 265 cm³/mol. The second kappa shape index (κ2) is 26.1. The van der Waals surface area contributed by atoms with Crippen LogP contribution in [-0.2, 0) is 27.5 Å². The van der Waals surface area contributed by atoms with Crippen LogP contribution in [0.15, 0.2) is 85.3 Å².